The van der Waals surface area contributed by atoms with Crippen molar-refractivity contribution in [1.29, 1.82) is 0 Å². The van der Waals surface area contributed by atoms with E-state index in [1.54, 1.807) is 12.1 Å². The highest BCUT2D eigenvalue weighted by Gasteiger charge is 2.39. The molecule has 1 aliphatic carbocycles. The number of phenols is 1. The second-order valence-corrected chi connectivity index (χ2v) is 12.3. The van der Waals surface area contributed by atoms with Gasteiger partial charge in [-0.05, 0) is 88.4 Å². The zero-order chi connectivity index (χ0) is 26.7. The third-order valence-electron chi connectivity index (χ3n) is 7.35. The maximum atomic E-state index is 10.3. The number of aryl methyl sites for hydroxylation is 1. The number of aromatic hydroxyl groups is 1. The number of hydrogen-bond acceptors (Lipinski definition) is 4. The fourth-order valence-electron chi connectivity index (χ4n) is 5.41. The van der Waals surface area contributed by atoms with Gasteiger partial charge in [0.15, 0.2) is 0 Å². The molecule has 0 bridgehead atoms. The smallest absolute Gasteiger partial charge is 0.129 e. The molecule has 2 N–H and O–H groups in total. The van der Waals surface area contributed by atoms with Crippen LogP contribution >= 0.6 is 20.4 Å². The van der Waals surface area contributed by atoms with Crippen LogP contribution in [0.25, 0.3) is 0 Å². The topological polar surface area (TPSA) is 58.9 Å². The summed E-state index contributed by atoms with van der Waals surface area (Å²) in [7, 11) is 0.190. The number of rotatable bonds is 10. The van der Waals surface area contributed by atoms with Gasteiger partial charge in [0.2, 0.25) is 0 Å². The van der Waals surface area contributed by atoms with Crippen LogP contribution < -0.4 is 4.74 Å². The average molecular weight is 541 g/mol. The van der Waals surface area contributed by atoms with Crippen LogP contribution in [-0.2, 0) is 9.94 Å². The fourth-order valence-corrected chi connectivity index (χ4v) is 6.18. The standard InChI is InChI=1S/C31H38ClO4P/c1-19(2)25-15-21(9-10-29(25)34)26-17-31(4,5)27-16-24(13-20(3)30(26)27)35-18-37-36-12-11-28(33)22-7-6-8-23(32)14-22/h6-10,13-16,19,26,28,33-34,37H,11-12,17-18H2,1-5H3. The van der Waals surface area contributed by atoms with E-state index < -0.39 is 6.10 Å². The quantitative estimate of drug-likeness (QED) is 0.200. The van der Waals surface area contributed by atoms with Crippen molar-refractivity contribution in [2.24, 2.45) is 0 Å². The van der Waals surface area contributed by atoms with Crippen molar-refractivity contribution in [3.63, 3.8) is 0 Å². The maximum absolute atomic E-state index is 10.3. The molecule has 3 unspecified atom stereocenters. The number of ether oxygens (including phenoxy) is 1. The van der Waals surface area contributed by atoms with E-state index in [-0.39, 0.29) is 20.1 Å². The summed E-state index contributed by atoms with van der Waals surface area (Å²) < 4.78 is 11.8. The molecule has 0 radical (unpaired) electrons. The van der Waals surface area contributed by atoms with Crippen LogP contribution in [0.4, 0.5) is 0 Å². The molecular weight excluding hydrogens is 503 g/mol. The third kappa shape index (κ3) is 6.49. The molecule has 4 rings (SSSR count). The lowest BCUT2D eigenvalue weighted by atomic mass is 9.84. The molecule has 0 spiro atoms. The normalized spacial score (nSPS) is 17.5. The summed E-state index contributed by atoms with van der Waals surface area (Å²) in [6.45, 7) is 11.5. The molecule has 0 heterocycles. The van der Waals surface area contributed by atoms with Gasteiger partial charge in [-0.15, -0.1) is 0 Å². The minimum atomic E-state index is -0.593. The van der Waals surface area contributed by atoms with E-state index in [1.807, 2.05) is 18.2 Å². The largest absolute Gasteiger partial charge is 0.508 e. The number of phenolic OH excluding ortho intramolecular Hbond substituents is 1. The summed E-state index contributed by atoms with van der Waals surface area (Å²) >= 11 is 6.01. The van der Waals surface area contributed by atoms with Crippen LogP contribution in [0.1, 0.15) is 91.9 Å². The molecule has 3 aromatic carbocycles. The Kier molecular flexibility index (Phi) is 8.86. The number of fused-ring (bicyclic) bond motifs is 1. The van der Waals surface area contributed by atoms with Gasteiger partial charge in [-0.25, -0.2) is 0 Å². The molecule has 3 aromatic rings. The average Bonchev–Trinajstić information content (AvgIpc) is 3.12. The molecule has 3 atom stereocenters. The van der Waals surface area contributed by atoms with E-state index in [9.17, 15) is 10.2 Å². The molecule has 198 valence electrons. The Balaban J connectivity index is 1.37. The van der Waals surface area contributed by atoms with Crippen LogP contribution in [0.2, 0.25) is 5.02 Å². The second kappa shape index (κ2) is 11.7. The minimum Gasteiger partial charge on any atom is -0.508 e. The summed E-state index contributed by atoms with van der Waals surface area (Å²) in [6.07, 6.45) is 1.42. The second-order valence-electron chi connectivity index (χ2n) is 11.0. The van der Waals surface area contributed by atoms with Gasteiger partial charge in [-0.3, -0.25) is 0 Å². The first-order valence-corrected chi connectivity index (χ1v) is 14.4. The molecule has 37 heavy (non-hydrogen) atoms. The molecule has 0 saturated carbocycles. The summed E-state index contributed by atoms with van der Waals surface area (Å²) in [5, 5.41) is 21.3. The van der Waals surface area contributed by atoms with Crippen LogP contribution in [0.15, 0.2) is 54.6 Å². The van der Waals surface area contributed by atoms with Gasteiger partial charge in [-0.2, -0.15) is 0 Å². The van der Waals surface area contributed by atoms with E-state index in [4.69, 9.17) is 20.9 Å². The molecule has 0 saturated heterocycles. The lowest BCUT2D eigenvalue weighted by molar-refractivity contribution is 0.145. The van der Waals surface area contributed by atoms with Crippen molar-refractivity contribution < 1.29 is 19.5 Å². The van der Waals surface area contributed by atoms with Gasteiger partial charge in [0.05, 0.1) is 21.5 Å². The van der Waals surface area contributed by atoms with Gasteiger partial charge < -0.3 is 19.5 Å². The molecule has 0 fully saturated rings. The van der Waals surface area contributed by atoms with Crippen LogP contribution in [0, 0.1) is 6.92 Å². The number of hydrogen-bond donors (Lipinski definition) is 2. The predicted octanol–water partition coefficient (Wildman–Crippen LogP) is 8.36. The van der Waals surface area contributed by atoms with Crippen molar-refractivity contribution in [2.45, 2.75) is 70.8 Å². The van der Waals surface area contributed by atoms with E-state index in [0.717, 1.165) is 23.3 Å². The van der Waals surface area contributed by atoms with E-state index >= 15 is 0 Å². The van der Waals surface area contributed by atoms with Gasteiger partial charge in [-0.1, -0.05) is 63.6 Å². The molecule has 0 aromatic heterocycles. The molecular formula is C31H38ClO4P. The monoisotopic (exact) mass is 540 g/mol. The van der Waals surface area contributed by atoms with Gasteiger partial charge in [0, 0.05) is 17.4 Å². The highest BCUT2D eigenvalue weighted by molar-refractivity contribution is 7.31. The van der Waals surface area contributed by atoms with E-state index in [1.165, 1.54) is 22.3 Å². The summed E-state index contributed by atoms with van der Waals surface area (Å²) in [5.41, 5.74) is 7.04. The minimum absolute atomic E-state index is 0.0231. The van der Waals surface area contributed by atoms with Crippen LogP contribution in [0.5, 0.6) is 11.5 Å². The molecule has 1 aliphatic rings. The molecule has 0 amide bonds. The van der Waals surface area contributed by atoms with E-state index in [2.05, 4.69) is 58.9 Å². The molecule has 0 aliphatic heterocycles. The van der Waals surface area contributed by atoms with Crippen LogP contribution in [-0.4, -0.2) is 23.2 Å². The Bertz CT molecular complexity index is 1240. The lowest BCUT2D eigenvalue weighted by Gasteiger charge is -2.20. The third-order valence-corrected chi connectivity index (χ3v) is 8.26. The number of aliphatic hydroxyl groups excluding tert-OH is 1. The number of aliphatic hydroxyl groups is 1. The number of halogens is 1. The van der Waals surface area contributed by atoms with Crippen LogP contribution in [0.3, 0.4) is 0 Å². The van der Waals surface area contributed by atoms with Gasteiger partial charge >= 0.3 is 0 Å². The predicted molar refractivity (Wildman–Crippen MR) is 154 cm³/mol. The Labute approximate surface area is 227 Å². The first-order valence-electron chi connectivity index (χ1n) is 13.0. The Morgan fingerprint density at radius 1 is 1.11 bits per heavy atom. The zero-order valence-corrected chi connectivity index (χ0v) is 24.1. The summed E-state index contributed by atoms with van der Waals surface area (Å²) in [4.78, 5) is 0. The first kappa shape index (κ1) is 27.9. The highest BCUT2D eigenvalue weighted by atomic mass is 35.5. The van der Waals surface area contributed by atoms with Crippen molar-refractivity contribution in [2.75, 3.05) is 13.0 Å². The first-order chi connectivity index (χ1) is 17.6. The summed E-state index contributed by atoms with van der Waals surface area (Å²) in [5.74, 6) is 1.81. The Morgan fingerprint density at radius 2 is 1.89 bits per heavy atom. The van der Waals surface area contributed by atoms with Crippen molar-refractivity contribution in [3.8, 4) is 11.5 Å². The highest BCUT2D eigenvalue weighted by Crippen LogP contribution is 2.51. The fraction of sp³-hybridized carbons (Fsp3) is 0.419. The SMILES string of the molecule is Cc1cc(OCPOCCC(O)c2cccc(Cl)c2)cc2c1C(c1ccc(O)c(C(C)C)c1)CC2(C)C. The zero-order valence-electron chi connectivity index (χ0n) is 22.3. The number of benzene rings is 3. The maximum Gasteiger partial charge on any atom is 0.129 e. The van der Waals surface area contributed by atoms with E-state index in [0.29, 0.717) is 36.1 Å². The van der Waals surface area contributed by atoms with Crippen molar-refractivity contribution >= 4 is 20.4 Å². The Morgan fingerprint density at radius 3 is 2.62 bits per heavy atom. The summed E-state index contributed by atoms with van der Waals surface area (Å²) in [6, 6.07) is 17.7. The van der Waals surface area contributed by atoms with Crippen molar-refractivity contribution in [3.05, 3.63) is 93.0 Å². The van der Waals surface area contributed by atoms with Gasteiger partial charge in [0.1, 0.15) is 17.8 Å². The Hall–Kier alpha value is -2.10. The lowest BCUT2D eigenvalue weighted by Crippen LogP contribution is -2.13. The van der Waals surface area contributed by atoms with Gasteiger partial charge in [0.25, 0.3) is 0 Å². The molecule has 6 heteroatoms. The molecule has 4 nitrogen and oxygen atoms in total. The van der Waals surface area contributed by atoms with Crippen molar-refractivity contribution in [1.82, 2.24) is 0 Å².